The molecule has 2 atom stereocenters. The van der Waals surface area contributed by atoms with Crippen molar-refractivity contribution in [3.63, 3.8) is 0 Å². The Hall–Kier alpha value is -1.57. The van der Waals surface area contributed by atoms with Crippen LogP contribution in [0, 0.1) is 5.92 Å². The molecule has 2 nitrogen and oxygen atoms in total. The largest absolute Gasteiger partial charge is 0.459 e. The molecule has 0 saturated heterocycles. The van der Waals surface area contributed by atoms with Crippen LogP contribution < -0.4 is 0 Å². The van der Waals surface area contributed by atoms with Crippen molar-refractivity contribution in [2.24, 2.45) is 5.92 Å². The summed E-state index contributed by atoms with van der Waals surface area (Å²) in [5, 5.41) is 0. The van der Waals surface area contributed by atoms with Crippen LogP contribution in [0.15, 0.2) is 42.5 Å². The molecule has 90 valence electrons. The van der Waals surface area contributed by atoms with E-state index in [1.54, 1.807) is 0 Å². The lowest BCUT2D eigenvalue weighted by molar-refractivity contribution is -0.146. The Labute approximate surface area is 102 Å². The molecule has 0 saturated carbocycles. The van der Waals surface area contributed by atoms with Gasteiger partial charge in [0.05, 0.1) is 0 Å². The molecule has 1 aliphatic rings. The van der Waals surface area contributed by atoms with Crippen molar-refractivity contribution in [2.75, 3.05) is 0 Å². The van der Waals surface area contributed by atoms with E-state index in [-0.39, 0.29) is 12.1 Å². The minimum absolute atomic E-state index is 0.0520. The summed E-state index contributed by atoms with van der Waals surface area (Å²) in [7, 11) is 0. The molecule has 0 amide bonds. The Morgan fingerprint density at radius 1 is 1.35 bits per heavy atom. The molecule has 1 aliphatic heterocycles. The standard InChI is InChI=1S/C15H18O2/c1-12(14-8-5-9-15(16)17-14)10-11-13-6-3-2-4-7-13/h2-7,9,12,14H,8,10-11H2,1H3/t12-,14+/m1/s1. The molecule has 1 heterocycles. The van der Waals surface area contributed by atoms with E-state index in [1.165, 1.54) is 11.6 Å². The normalized spacial score (nSPS) is 21.0. The number of benzene rings is 1. The Bertz CT molecular complexity index is 395. The monoisotopic (exact) mass is 230 g/mol. The summed E-state index contributed by atoms with van der Waals surface area (Å²) < 4.78 is 5.31. The number of carbonyl (C=O) groups excluding carboxylic acids is 1. The zero-order chi connectivity index (χ0) is 12.1. The molecule has 0 aliphatic carbocycles. The fraction of sp³-hybridized carbons (Fsp3) is 0.400. The maximum atomic E-state index is 11.1. The highest BCUT2D eigenvalue weighted by molar-refractivity contribution is 5.82. The van der Waals surface area contributed by atoms with Crippen molar-refractivity contribution in [3.8, 4) is 0 Å². The number of cyclic esters (lactones) is 1. The average molecular weight is 230 g/mol. The smallest absolute Gasteiger partial charge is 0.330 e. The third kappa shape index (κ3) is 3.45. The number of carbonyl (C=O) groups is 1. The maximum Gasteiger partial charge on any atom is 0.330 e. The topological polar surface area (TPSA) is 26.3 Å². The first-order valence-corrected chi connectivity index (χ1v) is 6.17. The molecule has 17 heavy (non-hydrogen) atoms. The van der Waals surface area contributed by atoms with Crippen LogP contribution in [0.1, 0.15) is 25.3 Å². The van der Waals surface area contributed by atoms with Gasteiger partial charge in [0.25, 0.3) is 0 Å². The minimum atomic E-state index is -0.201. The molecule has 0 bridgehead atoms. The molecule has 0 unspecified atom stereocenters. The van der Waals surface area contributed by atoms with Gasteiger partial charge >= 0.3 is 5.97 Å². The minimum Gasteiger partial charge on any atom is -0.459 e. The van der Waals surface area contributed by atoms with E-state index in [2.05, 4.69) is 31.2 Å². The van der Waals surface area contributed by atoms with Gasteiger partial charge in [-0.15, -0.1) is 0 Å². The highest BCUT2D eigenvalue weighted by Gasteiger charge is 2.22. The van der Waals surface area contributed by atoms with Gasteiger partial charge in [-0.1, -0.05) is 43.3 Å². The number of esters is 1. The fourth-order valence-electron chi connectivity index (χ4n) is 2.11. The van der Waals surface area contributed by atoms with E-state index in [4.69, 9.17) is 4.74 Å². The first-order valence-electron chi connectivity index (χ1n) is 6.17. The molecule has 0 radical (unpaired) electrons. The summed E-state index contributed by atoms with van der Waals surface area (Å²) in [6, 6.07) is 10.4. The van der Waals surface area contributed by atoms with E-state index in [0.29, 0.717) is 5.92 Å². The molecule has 0 N–H and O–H groups in total. The number of aryl methyl sites for hydroxylation is 1. The molecule has 1 aromatic rings. The van der Waals surface area contributed by atoms with Gasteiger partial charge in [0.2, 0.25) is 0 Å². The van der Waals surface area contributed by atoms with Crippen LogP contribution in [-0.4, -0.2) is 12.1 Å². The molecule has 2 heteroatoms. The zero-order valence-corrected chi connectivity index (χ0v) is 10.1. The Kier molecular flexibility index (Phi) is 3.97. The molecule has 1 aromatic carbocycles. The van der Waals surface area contributed by atoms with E-state index < -0.39 is 0 Å². The summed E-state index contributed by atoms with van der Waals surface area (Å²) in [5.74, 6) is 0.205. The number of rotatable bonds is 4. The molecule has 0 fully saturated rings. The molecular weight excluding hydrogens is 212 g/mol. The van der Waals surface area contributed by atoms with Crippen molar-refractivity contribution < 1.29 is 9.53 Å². The first-order chi connectivity index (χ1) is 8.25. The quantitative estimate of drug-likeness (QED) is 0.743. The van der Waals surface area contributed by atoms with Crippen LogP contribution in [0.5, 0.6) is 0 Å². The fourth-order valence-corrected chi connectivity index (χ4v) is 2.11. The van der Waals surface area contributed by atoms with Gasteiger partial charge in [-0.3, -0.25) is 0 Å². The van der Waals surface area contributed by atoms with Crippen LogP contribution in [-0.2, 0) is 16.0 Å². The lowest BCUT2D eigenvalue weighted by Gasteiger charge is -2.24. The highest BCUT2D eigenvalue weighted by atomic mass is 16.5. The van der Waals surface area contributed by atoms with Crippen LogP contribution in [0.2, 0.25) is 0 Å². The second-order valence-corrected chi connectivity index (χ2v) is 4.61. The number of hydrogen-bond acceptors (Lipinski definition) is 2. The van der Waals surface area contributed by atoms with Crippen molar-refractivity contribution in [3.05, 3.63) is 48.0 Å². The van der Waals surface area contributed by atoms with Gasteiger partial charge in [0.15, 0.2) is 0 Å². The Morgan fingerprint density at radius 3 is 2.82 bits per heavy atom. The predicted octanol–water partition coefficient (Wildman–Crippen LogP) is 3.13. The second kappa shape index (κ2) is 5.67. The van der Waals surface area contributed by atoms with Gasteiger partial charge in [-0.2, -0.15) is 0 Å². The summed E-state index contributed by atoms with van der Waals surface area (Å²) in [6.07, 6.45) is 6.42. The lowest BCUT2D eigenvalue weighted by Crippen LogP contribution is -2.27. The van der Waals surface area contributed by atoms with E-state index >= 15 is 0 Å². The van der Waals surface area contributed by atoms with Gasteiger partial charge in [0.1, 0.15) is 6.10 Å². The summed E-state index contributed by atoms with van der Waals surface area (Å²) >= 11 is 0. The molecule has 2 rings (SSSR count). The molecule has 0 spiro atoms. The summed E-state index contributed by atoms with van der Waals surface area (Å²) in [6.45, 7) is 2.15. The van der Waals surface area contributed by atoms with Crippen molar-refractivity contribution in [1.82, 2.24) is 0 Å². The summed E-state index contributed by atoms with van der Waals surface area (Å²) in [4.78, 5) is 11.1. The third-order valence-electron chi connectivity index (χ3n) is 3.26. The van der Waals surface area contributed by atoms with Gasteiger partial charge in [0, 0.05) is 12.5 Å². The summed E-state index contributed by atoms with van der Waals surface area (Å²) in [5.41, 5.74) is 1.34. The van der Waals surface area contributed by atoms with Crippen LogP contribution >= 0.6 is 0 Å². The SMILES string of the molecule is C[C@H](CCc1ccccc1)[C@@H]1CC=CC(=O)O1. The van der Waals surface area contributed by atoms with E-state index in [0.717, 1.165) is 19.3 Å². The van der Waals surface area contributed by atoms with E-state index in [1.807, 2.05) is 12.1 Å². The van der Waals surface area contributed by atoms with Crippen molar-refractivity contribution >= 4 is 5.97 Å². The van der Waals surface area contributed by atoms with Gasteiger partial charge in [-0.05, 0) is 24.3 Å². The zero-order valence-electron chi connectivity index (χ0n) is 10.1. The number of hydrogen-bond donors (Lipinski definition) is 0. The Balaban J connectivity index is 1.83. The first kappa shape index (κ1) is 11.9. The van der Waals surface area contributed by atoms with Gasteiger partial charge in [-0.25, -0.2) is 4.79 Å². The lowest BCUT2D eigenvalue weighted by atomic mass is 9.93. The molecular formula is C15H18O2. The van der Waals surface area contributed by atoms with Gasteiger partial charge < -0.3 is 4.74 Å². The predicted molar refractivity (Wildman–Crippen MR) is 67.6 cm³/mol. The van der Waals surface area contributed by atoms with Crippen LogP contribution in [0.25, 0.3) is 0 Å². The molecule has 0 aromatic heterocycles. The average Bonchev–Trinajstić information content (AvgIpc) is 2.37. The van der Waals surface area contributed by atoms with Crippen LogP contribution in [0.3, 0.4) is 0 Å². The highest BCUT2D eigenvalue weighted by Crippen LogP contribution is 2.21. The van der Waals surface area contributed by atoms with Crippen LogP contribution in [0.4, 0.5) is 0 Å². The maximum absolute atomic E-state index is 11.1. The Morgan fingerprint density at radius 2 is 2.12 bits per heavy atom. The number of ether oxygens (including phenoxy) is 1. The van der Waals surface area contributed by atoms with Crippen molar-refractivity contribution in [2.45, 2.75) is 32.3 Å². The van der Waals surface area contributed by atoms with E-state index in [9.17, 15) is 4.79 Å². The second-order valence-electron chi connectivity index (χ2n) is 4.61. The van der Waals surface area contributed by atoms with Crippen molar-refractivity contribution in [1.29, 1.82) is 0 Å². The third-order valence-corrected chi connectivity index (χ3v) is 3.26.